The lowest BCUT2D eigenvalue weighted by atomic mass is 10.1. The van der Waals surface area contributed by atoms with E-state index in [0.717, 1.165) is 18.4 Å². The summed E-state index contributed by atoms with van der Waals surface area (Å²) < 4.78 is 5.02. The largest absolute Gasteiger partial charge is 0.456 e. The van der Waals surface area contributed by atoms with Gasteiger partial charge in [0.25, 0.3) is 5.91 Å². The van der Waals surface area contributed by atoms with Gasteiger partial charge >= 0.3 is 5.97 Å². The second kappa shape index (κ2) is 7.99. The third-order valence-electron chi connectivity index (χ3n) is 3.63. The van der Waals surface area contributed by atoms with Gasteiger partial charge in [-0.2, -0.15) is 0 Å². The van der Waals surface area contributed by atoms with Crippen LogP contribution in [0.4, 0.5) is 0 Å². The molecule has 0 unspecified atom stereocenters. The molecule has 0 bridgehead atoms. The van der Waals surface area contributed by atoms with Gasteiger partial charge in [-0.05, 0) is 43.4 Å². The Morgan fingerprint density at radius 2 is 2.27 bits per heavy atom. The predicted octanol–water partition coefficient (Wildman–Crippen LogP) is 3.42. The molecule has 0 radical (unpaired) electrons. The van der Waals surface area contributed by atoms with Crippen LogP contribution in [0.5, 0.6) is 0 Å². The number of rotatable bonds is 6. The van der Waals surface area contributed by atoms with Crippen LogP contribution >= 0.6 is 11.6 Å². The molecule has 22 heavy (non-hydrogen) atoms. The van der Waals surface area contributed by atoms with Crippen LogP contribution in [0.15, 0.2) is 36.4 Å². The maximum absolute atomic E-state index is 11.8. The number of esters is 1. The van der Waals surface area contributed by atoms with Crippen molar-refractivity contribution in [2.24, 2.45) is 5.92 Å². The maximum Gasteiger partial charge on any atom is 0.306 e. The van der Waals surface area contributed by atoms with E-state index in [-0.39, 0.29) is 30.4 Å². The van der Waals surface area contributed by atoms with E-state index in [0.29, 0.717) is 11.4 Å². The Bertz CT molecular complexity index is 571. The van der Waals surface area contributed by atoms with Crippen LogP contribution in [0.2, 0.25) is 5.02 Å². The average Bonchev–Trinajstić information content (AvgIpc) is 2.98. The molecule has 1 aromatic carbocycles. The molecule has 4 nitrogen and oxygen atoms in total. The molecule has 118 valence electrons. The van der Waals surface area contributed by atoms with Crippen molar-refractivity contribution in [3.05, 3.63) is 47.0 Å². The molecule has 2 atom stereocenters. The number of ether oxygens (including phenoxy) is 1. The fourth-order valence-electron chi connectivity index (χ4n) is 2.43. The lowest BCUT2D eigenvalue weighted by molar-refractivity contribution is -0.149. The lowest BCUT2D eigenvalue weighted by Crippen LogP contribution is -2.31. The van der Waals surface area contributed by atoms with Crippen molar-refractivity contribution in [3.63, 3.8) is 0 Å². The maximum atomic E-state index is 11.8. The fourth-order valence-corrected chi connectivity index (χ4v) is 2.63. The van der Waals surface area contributed by atoms with Crippen LogP contribution in [0.25, 0.3) is 0 Å². The molecule has 0 saturated heterocycles. The number of carbonyl (C=O) groups excluding carboxylic acids is 2. The van der Waals surface area contributed by atoms with Gasteiger partial charge in [0.15, 0.2) is 6.61 Å². The summed E-state index contributed by atoms with van der Waals surface area (Å²) in [6.45, 7) is 1.61. The van der Waals surface area contributed by atoms with E-state index < -0.39 is 0 Å². The van der Waals surface area contributed by atoms with Crippen LogP contribution in [0, 0.1) is 5.92 Å². The van der Waals surface area contributed by atoms with E-state index >= 15 is 0 Å². The fraction of sp³-hybridized carbons (Fsp3) is 0.412. The minimum Gasteiger partial charge on any atom is -0.456 e. The van der Waals surface area contributed by atoms with Crippen molar-refractivity contribution in [2.45, 2.75) is 32.2 Å². The number of benzene rings is 1. The molecule has 0 fully saturated rings. The van der Waals surface area contributed by atoms with Crippen molar-refractivity contribution < 1.29 is 14.3 Å². The number of nitrogens with one attached hydrogen (secondary N) is 1. The highest BCUT2D eigenvalue weighted by atomic mass is 35.5. The highest BCUT2D eigenvalue weighted by Gasteiger charge is 2.16. The van der Waals surface area contributed by atoms with Crippen LogP contribution in [-0.4, -0.2) is 18.5 Å². The molecule has 0 aromatic heterocycles. The number of hydrogen-bond acceptors (Lipinski definition) is 3. The normalized spacial score (nSPS) is 18.0. The zero-order chi connectivity index (χ0) is 15.9. The summed E-state index contributed by atoms with van der Waals surface area (Å²) in [7, 11) is 0. The number of hydrogen-bond donors (Lipinski definition) is 1. The van der Waals surface area contributed by atoms with Gasteiger partial charge in [0, 0.05) is 5.02 Å². The Labute approximate surface area is 135 Å². The van der Waals surface area contributed by atoms with Crippen LogP contribution in [0.3, 0.4) is 0 Å². The standard InChI is InChI=1S/C17H20ClNO3/c1-12(14-7-4-8-15(18)10-14)19-16(20)11-22-17(21)9-13-5-2-3-6-13/h2,4-5,7-8,10,12-13H,3,6,9,11H2,1H3,(H,19,20)/t12-,13-/m0/s1. The molecule has 0 heterocycles. The Balaban J connectivity index is 1.73. The minimum atomic E-state index is -0.331. The molecule has 1 aliphatic carbocycles. The van der Waals surface area contributed by atoms with Crippen molar-refractivity contribution in [3.8, 4) is 0 Å². The minimum absolute atomic E-state index is 0.192. The lowest BCUT2D eigenvalue weighted by Gasteiger charge is -2.15. The van der Waals surface area contributed by atoms with Gasteiger partial charge in [0.05, 0.1) is 12.5 Å². The second-order valence-electron chi connectivity index (χ2n) is 5.47. The molecule has 0 saturated carbocycles. The Morgan fingerprint density at radius 3 is 2.95 bits per heavy atom. The topological polar surface area (TPSA) is 55.4 Å². The zero-order valence-electron chi connectivity index (χ0n) is 12.5. The molecular weight excluding hydrogens is 302 g/mol. The highest BCUT2D eigenvalue weighted by molar-refractivity contribution is 6.30. The van der Waals surface area contributed by atoms with Gasteiger partial charge in [-0.25, -0.2) is 0 Å². The summed E-state index contributed by atoms with van der Waals surface area (Å²) >= 11 is 5.92. The summed E-state index contributed by atoms with van der Waals surface area (Å²) in [5.41, 5.74) is 0.906. The Morgan fingerprint density at radius 1 is 1.45 bits per heavy atom. The SMILES string of the molecule is C[C@H](NC(=O)COC(=O)C[C@H]1C=CCC1)c1cccc(Cl)c1. The van der Waals surface area contributed by atoms with Crippen molar-refractivity contribution in [2.75, 3.05) is 6.61 Å². The molecule has 1 N–H and O–H groups in total. The molecule has 1 aliphatic rings. The second-order valence-corrected chi connectivity index (χ2v) is 5.91. The first kappa shape index (κ1) is 16.6. The molecule has 1 amide bonds. The summed E-state index contributed by atoms with van der Waals surface area (Å²) in [6, 6.07) is 7.09. The Hall–Kier alpha value is -1.81. The van der Waals surface area contributed by atoms with Crippen LogP contribution < -0.4 is 5.32 Å². The number of halogens is 1. The third-order valence-corrected chi connectivity index (χ3v) is 3.87. The molecule has 2 rings (SSSR count). The van der Waals surface area contributed by atoms with Crippen molar-refractivity contribution in [1.82, 2.24) is 5.32 Å². The van der Waals surface area contributed by atoms with Crippen molar-refractivity contribution in [1.29, 1.82) is 0 Å². The number of allylic oxidation sites excluding steroid dienone is 2. The predicted molar refractivity (Wildman–Crippen MR) is 85.4 cm³/mol. The summed E-state index contributed by atoms with van der Waals surface area (Å²) in [6.07, 6.45) is 6.43. The molecule has 1 aromatic rings. The van der Waals surface area contributed by atoms with Gasteiger partial charge < -0.3 is 10.1 Å². The van der Waals surface area contributed by atoms with Gasteiger partial charge in [-0.3, -0.25) is 9.59 Å². The summed E-state index contributed by atoms with van der Waals surface area (Å²) in [5, 5.41) is 3.40. The summed E-state index contributed by atoms with van der Waals surface area (Å²) in [4.78, 5) is 23.5. The van der Waals surface area contributed by atoms with E-state index in [9.17, 15) is 9.59 Å². The smallest absolute Gasteiger partial charge is 0.306 e. The van der Waals surface area contributed by atoms with E-state index in [4.69, 9.17) is 16.3 Å². The van der Waals surface area contributed by atoms with Gasteiger partial charge in [0.2, 0.25) is 0 Å². The van der Waals surface area contributed by atoms with E-state index in [1.807, 2.05) is 25.1 Å². The first-order valence-electron chi connectivity index (χ1n) is 7.41. The van der Waals surface area contributed by atoms with E-state index in [1.54, 1.807) is 12.1 Å². The van der Waals surface area contributed by atoms with Crippen LogP contribution in [0.1, 0.15) is 37.8 Å². The quantitative estimate of drug-likeness (QED) is 0.645. The first-order chi connectivity index (χ1) is 10.5. The van der Waals surface area contributed by atoms with E-state index in [2.05, 4.69) is 11.4 Å². The highest BCUT2D eigenvalue weighted by Crippen LogP contribution is 2.20. The zero-order valence-corrected chi connectivity index (χ0v) is 13.3. The van der Waals surface area contributed by atoms with E-state index in [1.165, 1.54) is 0 Å². The van der Waals surface area contributed by atoms with Gasteiger partial charge in [0.1, 0.15) is 0 Å². The number of amides is 1. The van der Waals surface area contributed by atoms with Gasteiger partial charge in [-0.15, -0.1) is 0 Å². The number of carbonyl (C=O) groups is 2. The molecule has 0 spiro atoms. The summed E-state index contributed by atoms with van der Waals surface area (Å²) in [5.74, 6) is -0.397. The van der Waals surface area contributed by atoms with Crippen LogP contribution in [-0.2, 0) is 14.3 Å². The first-order valence-corrected chi connectivity index (χ1v) is 7.79. The average molecular weight is 322 g/mol. The van der Waals surface area contributed by atoms with Crippen molar-refractivity contribution >= 4 is 23.5 Å². The molecular formula is C17H20ClNO3. The third kappa shape index (κ3) is 5.19. The monoisotopic (exact) mass is 321 g/mol. The molecule has 5 heteroatoms. The molecule has 0 aliphatic heterocycles. The Kier molecular flexibility index (Phi) is 6.01. The van der Waals surface area contributed by atoms with Gasteiger partial charge in [-0.1, -0.05) is 35.9 Å².